The van der Waals surface area contributed by atoms with E-state index in [1.54, 1.807) is 36.7 Å². The molecule has 4 rings (SSSR count). The molecule has 6 nitrogen and oxygen atoms in total. The van der Waals surface area contributed by atoms with Gasteiger partial charge in [0.25, 0.3) is 0 Å². The molecule has 0 unspecified atom stereocenters. The summed E-state index contributed by atoms with van der Waals surface area (Å²) in [4.78, 5) is 32.8. The van der Waals surface area contributed by atoms with Crippen molar-refractivity contribution >= 4 is 33.7 Å². The summed E-state index contributed by atoms with van der Waals surface area (Å²) in [6.45, 7) is 0. The topological polar surface area (TPSA) is 78.4 Å². The normalized spacial score (nSPS) is 10.7. The van der Waals surface area contributed by atoms with Crippen LogP contribution in [0.3, 0.4) is 0 Å². The van der Waals surface area contributed by atoms with Gasteiger partial charge in [0.15, 0.2) is 11.5 Å². The number of esters is 2. The van der Waals surface area contributed by atoms with Gasteiger partial charge in [-0.05, 0) is 24.3 Å². The Kier molecular flexibility index (Phi) is 4.93. The third-order valence-corrected chi connectivity index (χ3v) is 4.17. The van der Waals surface area contributed by atoms with Gasteiger partial charge in [-0.25, -0.2) is 0 Å². The van der Waals surface area contributed by atoms with E-state index < -0.39 is 11.9 Å². The Labute approximate surface area is 160 Å². The van der Waals surface area contributed by atoms with Crippen molar-refractivity contribution in [2.45, 2.75) is 12.8 Å². The molecule has 0 N–H and O–H groups in total. The zero-order valence-corrected chi connectivity index (χ0v) is 14.9. The van der Waals surface area contributed by atoms with Gasteiger partial charge in [-0.3, -0.25) is 19.6 Å². The summed E-state index contributed by atoms with van der Waals surface area (Å²) in [6.07, 6.45) is 3.07. The number of hydrogen-bond donors (Lipinski definition) is 0. The van der Waals surface area contributed by atoms with Crippen LogP contribution in [-0.4, -0.2) is 21.9 Å². The van der Waals surface area contributed by atoms with Crippen molar-refractivity contribution in [3.05, 3.63) is 73.1 Å². The number of aromatic nitrogens is 2. The Bertz CT molecular complexity index is 1070. The van der Waals surface area contributed by atoms with Crippen molar-refractivity contribution in [3.8, 4) is 11.5 Å². The summed E-state index contributed by atoms with van der Waals surface area (Å²) in [7, 11) is 0. The number of para-hydroxylation sites is 2. The number of ether oxygens (including phenoxy) is 2. The standard InChI is InChI=1S/C22H16N2O4/c25-19(27-17-9-1-5-15-7-3-13-23-21(15)17)11-12-20(26)28-18-10-2-6-16-8-4-14-24-22(16)18/h1-10,13-14H,11-12H2. The van der Waals surface area contributed by atoms with Gasteiger partial charge in [0, 0.05) is 23.2 Å². The first kappa shape index (κ1) is 17.6. The van der Waals surface area contributed by atoms with Crippen molar-refractivity contribution in [1.82, 2.24) is 9.97 Å². The van der Waals surface area contributed by atoms with Gasteiger partial charge in [-0.2, -0.15) is 0 Å². The molecular formula is C22H16N2O4. The highest BCUT2D eigenvalue weighted by Crippen LogP contribution is 2.25. The molecule has 138 valence electrons. The zero-order valence-electron chi connectivity index (χ0n) is 14.9. The minimum absolute atomic E-state index is 0.0970. The molecule has 2 aromatic heterocycles. The number of rotatable bonds is 5. The molecule has 6 heteroatoms. The molecule has 0 spiro atoms. The number of hydrogen-bond acceptors (Lipinski definition) is 6. The van der Waals surface area contributed by atoms with E-state index >= 15 is 0 Å². The van der Waals surface area contributed by atoms with Crippen LogP contribution in [0.25, 0.3) is 21.8 Å². The van der Waals surface area contributed by atoms with Crippen LogP contribution in [0.1, 0.15) is 12.8 Å². The van der Waals surface area contributed by atoms with E-state index in [4.69, 9.17) is 9.47 Å². The lowest BCUT2D eigenvalue weighted by Gasteiger charge is -2.08. The molecule has 0 atom stereocenters. The molecule has 0 aliphatic heterocycles. The Balaban J connectivity index is 1.38. The third kappa shape index (κ3) is 3.81. The van der Waals surface area contributed by atoms with Crippen LogP contribution in [0, 0.1) is 0 Å². The van der Waals surface area contributed by atoms with Gasteiger partial charge in [-0.15, -0.1) is 0 Å². The number of carbonyl (C=O) groups excluding carboxylic acids is 2. The number of fused-ring (bicyclic) bond motifs is 2. The second-order valence-corrected chi connectivity index (χ2v) is 6.11. The minimum atomic E-state index is -0.522. The van der Waals surface area contributed by atoms with Crippen molar-refractivity contribution in [3.63, 3.8) is 0 Å². The Morgan fingerprint density at radius 3 is 1.54 bits per heavy atom. The van der Waals surface area contributed by atoms with Gasteiger partial charge < -0.3 is 9.47 Å². The Hall–Kier alpha value is -3.80. The first-order chi connectivity index (χ1) is 13.7. The van der Waals surface area contributed by atoms with Crippen LogP contribution < -0.4 is 9.47 Å². The number of pyridine rings is 2. The average Bonchev–Trinajstić information content (AvgIpc) is 2.73. The first-order valence-corrected chi connectivity index (χ1v) is 8.79. The smallest absolute Gasteiger partial charge is 0.311 e. The van der Waals surface area contributed by atoms with E-state index in [2.05, 4.69) is 9.97 Å². The summed E-state index contributed by atoms with van der Waals surface area (Å²) < 4.78 is 10.8. The summed E-state index contributed by atoms with van der Waals surface area (Å²) in [5.74, 6) is -0.304. The molecule has 0 fully saturated rings. The second-order valence-electron chi connectivity index (χ2n) is 6.11. The molecule has 2 heterocycles. The monoisotopic (exact) mass is 372 g/mol. The zero-order chi connectivity index (χ0) is 19.3. The number of carbonyl (C=O) groups is 2. The minimum Gasteiger partial charge on any atom is -0.424 e. The van der Waals surface area contributed by atoms with E-state index in [1.807, 2.05) is 36.4 Å². The van der Waals surface area contributed by atoms with Crippen molar-refractivity contribution in [2.75, 3.05) is 0 Å². The lowest BCUT2D eigenvalue weighted by atomic mass is 10.2. The summed E-state index contributed by atoms with van der Waals surface area (Å²) in [5.41, 5.74) is 1.20. The van der Waals surface area contributed by atoms with E-state index in [0.29, 0.717) is 22.5 Å². The summed E-state index contributed by atoms with van der Waals surface area (Å²) in [5, 5.41) is 1.74. The third-order valence-electron chi connectivity index (χ3n) is 4.17. The van der Waals surface area contributed by atoms with Gasteiger partial charge >= 0.3 is 11.9 Å². The van der Waals surface area contributed by atoms with E-state index in [1.165, 1.54) is 0 Å². The fraction of sp³-hybridized carbons (Fsp3) is 0.0909. The van der Waals surface area contributed by atoms with Crippen molar-refractivity contribution < 1.29 is 19.1 Å². The van der Waals surface area contributed by atoms with Gasteiger partial charge in [0.05, 0.1) is 12.8 Å². The van der Waals surface area contributed by atoms with Crippen LogP contribution in [0.5, 0.6) is 11.5 Å². The average molecular weight is 372 g/mol. The van der Waals surface area contributed by atoms with E-state index in [9.17, 15) is 9.59 Å². The molecular weight excluding hydrogens is 356 g/mol. The van der Waals surface area contributed by atoms with Crippen LogP contribution in [0.15, 0.2) is 73.1 Å². The van der Waals surface area contributed by atoms with Gasteiger partial charge in [0.2, 0.25) is 0 Å². The van der Waals surface area contributed by atoms with Crippen molar-refractivity contribution in [1.29, 1.82) is 0 Å². The molecule has 2 aromatic carbocycles. The molecule has 0 radical (unpaired) electrons. The van der Waals surface area contributed by atoms with Gasteiger partial charge in [0.1, 0.15) is 11.0 Å². The Morgan fingerprint density at radius 1 is 0.643 bits per heavy atom. The van der Waals surface area contributed by atoms with Crippen LogP contribution in [0.2, 0.25) is 0 Å². The predicted molar refractivity (Wildman–Crippen MR) is 104 cm³/mol. The van der Waals surface area contributed by atoms with E-state index in [0.717, 1.165) is 10.8 Å². The number of nitrogens with zero attached hydrogens (tertiary/aromatic N) is 2. The van der Waals surface area contributed by atoms with Gasteiger partial charge in [-0.1, -0.05) is 36.4 Å². The summed E-state index contributed by atoms with van der Waals surface area (Å²) >= 11 is 0. The molecule has 0 saturated carbocycles. The molecule has 0 amide bonds. The number of benzene rings is 2. The molecule has 0 aliphatic carbocycles. The summed E-state index contributed by atoms with van der Waals surface area (Å²) in [6, 6.07) is 18.1. The highest BCUT2D eigenvalue weighted by atomic mass is 16.5. The lowest BCUT2D eigenvalue weighted by Crippen LogP contribution is -2.14. The highest BCUT2D eigenvalue weighted by Gasteiger charge is 2.14. The molecule has 4 aromatic rings. The lowest BCUT2D eigenvalue weighted by molar-refractivity contribution is -0.140. The maximum atomic E-state index is 12.2. The predicted octanol–water partition coefficient (Wildman–Crippen LogP) is 4.07. The molecule has 0 saturated heterocycles. The van der Waals surface area contributed by atoms with E-state index in [-0.39, 0.29) is 12.8 Å². The SMILES string of the molecule is O=C(CCC(=O)Oc1cccc2cccnc12)Oc1cccc2cccnc12. The quantitative estimate of drug-likeness (QED) is 0.388. The first-order valence-electron chi connectivity index (χ1n) is 8.79. The maximum Gasteiger partial charge on any atom is 0.311 e. The molecule has 0 bridgehead atoms. The molecule has 28 heavy (non-hydrogen) atoms. The van der Waals surface area contributed by atoms with Crippen LogP contribution in [-0.2, 0) is 9.59 Å². The van der Waals surface area contributed by atoms with Crippen LogP contribution >= 0.6 is 0 Å². The Morgan fingerprint density at radius 2 is 1.07 bits per heavy atom. The maximum absolute atomic E-state index is 12.2. The van der Waals surface area contributed by atoms with Crippen molar-refractivity contribution in [2.24, 2.45) is 0 Å². The highest BCUT2D eigenvalue weighted by molar-refractivity contribution is 5.89. The van der Waals surface area contributed by atoms with Crippen LogP contribution in [0.4, 0.5) is 0 Å². The fourth-order valence-electron chi connectivity index (χ4n) is 2.87. The largest absolute Gasteiger partial charge is 0.424 e. The molecule has 0 aliphatic rings. The second kappa shape index (κ2) is 7.84. The fourth-order valence-corrected chi connectivity index (χ4v) is 2.87.